The Morgan fingerprint density at radius 3 is 2.33 bits per heavy atom. The Labute approximate surface area is 271 Å². The van der Waals surface area contributed by atoms with Crippen LogP contribution in [0.4, 0.5) is 5.69 Å². The minimum Gasteiger partial charge on any atom is -0.463 e. The standard InChI is InChI=1S/C35H46N6O5/c1-34(2,3)17-11-13-25(42)20-31(45)46-19-18-36-29(43)21-30(44)40-22-24-12-7-8-14-26(24)33-32(27-15-9-10-16-28(27)40)38-39-41(33)23-37-35(4,5)6/h7-10,12,14-16,37H,11,13,17-23H2,1-6H3,(H,36,43). The summed E-state index contributed by atoms with van der Waals surface area (Å²) < 4.78 is 6.97. The minimum absolute atomic E-state index is 0.0323. The van der Waals surface area contributed by atoms with E-state index in [-0.39, 0.29) is 48.8 Å². The molecule has 0 fully saturated rings. The molecule has 2 aromatic carbocycles. The lowest BCUT2D eigenvalue weighted by Crippen LogP contribution is -2.38. The first-order valence-corrected chi connectivity index (χ1v) is 15.8. The average Bonchev–Trinajstić information content (AvgIpc) is 3.38. The highest BCUT2D eigenvalue weighted by Gasteiger charge is 2.30. The van der Waals surface area contributed by atoms with Gasteiger partial charge < -0.3 is 15.0 Å². The quantitative estimate of drug-likeness (QED) is 0.162. The van der Waals surface area contributed by atoms with Crippen LogP contribution in [-0.4, -0.2) is 57.3 Å². The topological polar surface area (TPSA) is 136 Å². The van der Waals surface area contributed by atoms with E-state index in [0.29, 0.717) is 24.5 Å². The van der Waals surface area contributed by atoms with E-state index in [4.69, 9.17) is 4.74 Å². The van der Waals surface area contributed by atoms with Gasteiger partial charge in [0.15, 0.2) is 0 Å². The molecule has 0 saturated heterocycles. The summed E-state index contributed by atoms with van der Waals surface area (Å²) >= 11 is 0. The summed E-state index contributed by atoms with van der Waals surface area (Å²) in [6.07, 6.45) is 1.28. The number of anilines is 1. The molecule has 0 bridgehead atoms. The predicted molar refractivity (Wildman–Crippen MR) is 176 cm³/mol. The third-order valence-corrected chi connectivity index (χ3v) is 7.57. The van der Waals surface area contributed by atoms with E-state index in [2.05, 4.69) is 62.5 Å². The molecule has 3 aromatic rings. The van der Waals surface area contributed by atoms with Crippen molar-refractivity contribution in [1.29, 1.82) is 0 Å². The van der Waals surface area contributed by atoms with Gasteiger partial charge in [0.2, 0.25) is 11.8 Å². The SMILES string of the molecule is CC(C)(C)CCCC(=O)CC(=O)OCCNC(=O)CC(=O)N1Cc2ccccc2-c2c(nnn2CNC(C)(C)C)-c2ccccc21. The molecule has 4 rings (SSSR count). The van der Waals surface area contributed by atoms with Crippen LogP contribution in [0.5, 0.6) is 0 Å². The number of rotatable bonds is 12. The predicted octanol–water partition coefficient (Wildman–Crippen LogP) is 5.03. The van der Waals surface area contributed by atoms with Crippen LogP contribution < -0.4 is 15.5 Å². The van der Waals surface area contributed by atoms with Gasteiger partial charge in [0.1, 0.15) is 30.9 Å². The Kier molecular flexibility index (Phi) is 11.1. The van der Waals surface area contributed by atoms with Crippen LogP contribution in [0.25, 0.3) is 22.5 Å². The Morgan fingerprint density at radius 2 is 1.61 bits per heavy atom. The zero-order chi connectivity index (χ0) is 33.5. The molecule has 11 heteroatoms. The highest BCUT2D eigenvalue weighted by molar-refractivity contribution is 6.07. The molecule has 1 aliphatic rings. The summed E-state index contributed by atoms with van der Waals surface area (Å²) in [4.78, 5) is 52.2. The molecule has 0 spiro atoms. The van der Waals surface area contributed by atoms with Crippen LogP contribution in [0.15, 0.2) is 48.5 Å². The van der Waals surface area contributed by atoms with E-state index < -0.39 is 18.3 Å². The van der Waals surface area contributed by atoms with E-state index >= 15 is 0 Å². The van der Waals surface area contributed by atoms with Gasteiger partial charge in [-0.05, 0) is 50.7 Å². The summed E-state index contributed by atoms with van der Waals surface area (Å²) in [6.45, 7) is 13.2. The van der Waals surface area contributed by atoms with Gasteiger partial charge in [-0.15, -0.1) is 5.10 Å². The first-order chi connectivity index (χ1) is 21.7. The number of ether oxygens (including phenoxy) is 1. The van der Waals surface area contributed by atoms with E-state index in [1.54, 1.807) is 4.90 Å². The second-order valence-corrected chi connectivity index (χ2v) is 13.9. The van der Waals surface area contributed by atoms with Gasteiger partial charge >= 0.3 is 5.97 Å². The van der Waals surface area contributed by atoms with Gasteiger partial charge in [0.25, 0.3) is 0 Å². The Bertz CT molecular complexity index is 1570. The van der Waals surface area contributed by atoms with Crippen molar-refractivity contribution in [1.82, 2.24) is 25.6 Å². The van der Waals surface area contributed by atoms with Gasteiger partial charge in [-0.3, -0.25) is 24.5 Å². The van der Waals surface area contributed by atoms with Gasteiger partial charge in [0.05, 0.1) is 31.1 Å². The maximum atomic E-state index is 13.7. The average molecular weight is 631 g/mol. The summed E-state index contributed by atoms with van der Waals surface area (Å²) in [6, 6.07) is 15.3. The van der Waals surface area contributed by atoms with Crippen molar-refractivity contribution in [2.75, 3.05) is 18.1 Å². The normalized spacial score (nSPS) is 12.7. The molecule has 2 heterocycles. The third kappa shape index (κ3) is 9.56. The molecule has 1 aromatic heterocycles. The number of carbonyl (C=O) groups excluding carboxylic acids is 4. The Hall–Kier alpha value is -4.38. The van der Waals surface area contributed by atoms with Crippen molar-refractivity contribution < 1.29 is 23.9 Å². The van der Waals surface area contributed by atoms with E-state index in [1.807, 2.05) is 53.2 Å². The molecule has 0 aliphatic carbocycles. The van der Waals surface area contributed by atoms with Crippen molar-refractivity contribution in [3.63, 3.8) is 0 Å². The monoisotopic (exact) mass is 630 g/mol. The van der Waals surface area contributed by atoms with E-state index in [0.717, 1.165) is 35.2 Å². The van der Waals surface area contributed by atoms with Crippen molar-refractivity contribution in [3.05, 3.63) is 54.1 Å². The lowest BCUT2D eigenvalue weighted by Gasteiger charge is -2.28. The zero-order valence-electron chi connectivity index (χ0n) is 27.8. The van der Waals surface area contributed by atoms with Crippen molar-refractivity contribution in [2.24, 2.45) is 5.41 Å². The second-order valence-electron chi connectivity index (χ2n) is 13.9. The number of esters is 1. The number of hydrogen-bond acceptors (Lipinski definition) is 8. The van der Waals surface area contributed by atoms with Gasteiger partial charge in [-0.25, -0.2) is 4.68 Å². The summed E-state index contributed by atoms with van der Waals surface area (Å²) in [7, 11) is 0. The fraction of sp³-hybridized carbons (Fsp3) is 0.486. The molecule has 2 amide bonds. The fourth-order valence-electron chi connectivity index (χ4n) is 5.23. The van der Waals surface area contributed by atoms with Crippen LogP contribution in [0.2, 0.25) is 0 Å². The molecular weight excluding hydrogens is 584 g/mol. The number of amides is 2. The van der Waals surface area contributed by atoms with Crippen molar-refractivity contribution in [3.8, 4) is 22.5 Å². The number of nitrogens with one attached hydrogen (secondary N) is 2. The summed E-state index contributed by atoms with van der Waals surface area (Å²) in [5.74, 6) is -1.66. The van der Waals surface area contributed by atoms with Gasteiger partial charge in [-0.2, -0.15) is 0 Å². The van der Waals surface area contributed by atoms with Crippen LogP contribution in [-0.2, 0) is 37.1 Å². The number of hydrogen-bond donors (Lipinski definition) is 2. The first-order valence-electron chi connectivity index (χ1n) is 15.8. The van der Waals surface area contributed by atoms with E-state index in [1.165, 1.54) is 0 Å². The highest BCUT2D eigenvalue weighted by atomic mass is 16.5. The van der Waals surface area contributed by atoms with Gasteiger partial charge in [0, 0.05) is 23.1 Å². The summed E-state index contributed by atoms with van der Waals surface area (Å²) in [5, 5.41) is 15.1. The van der Waals surface area contributed by atoms with Crippen LogP contribution >= 0.6 is 0 Å². The first kappa shape index (κ1) is 34.5. The van der Waals surface area contributed by atoms with Crippen LogP contribution in [0.3, 0.4) is 0 Å². The molecule has 0 unspecified atom stereocenters. The van der Waals surface area contributed by atoms with Crippen molar-refractivity contribution >= 4 is 29.3 Å². The highest BCUT2D eigenvalue weighted by Crippen LogP contribution is 2.41. The molecule has 2 N–H and O–H groups in total. The number of para-hydroxylation sites is 1. The Balaban J connectivity index is 1.40. The smallest absolute Gasteiger partial charge is 0.313 e. The number of Topliss-reactive ketones (excluding diaryl/α,β-unsaturated/α-hetero) is 1. The van der Waals surface area contributed by atoms with Crippen LogP contribution in [0.1, 0.15) is 79.2 Å². The fourth-order valence-corrected chi connectivity index (χ4v) is 5.23. The zero-order valence-corrected chi connectivity index (χ0v) is 27.8. The maximum Gasteiger partial charge on any atom is 0.313 e. The van der Waals surface area contributed by atoms with Crippen LogP contribution in [0, 0.1) is 5.41 Å². The lowest BCUT2D eigenvalue weighted by atomic mass is 9.89. The number of benzene rings is 2. The number of nitrogens with zero attached hydrogens (tertiary/aromatic N) is 4. The molecule has 246 valence electrons. The maximum absolute atomic E-state index is 13.7. The molecule has 0 radical (unpaired) electrons. The number of fused-ring (bicyclic) bond motifs is 5. The Morgan fingerprint density at radius 1 is 0.913 bits per heavy atom. The number of aromatic nitrogens is 3. The minimum atomic E-state index is -0.618. The molecule has 0 saturated carbocycles. The molecule has 11 nitrogen and oxygen atoms in total. The molecule has 46 heavy (non-hydrogen) atoms. The molecule has 0 atom stereocenters. The third-order valence-electron chi connectivity index (χ3n) is 7.57. The summed E-state index contributed by atoms with van der Waals surface area (Å²) in [5.41, 5.74) is 4.68. The number of carbonyl (C=O) groups is 4. The van der Waals surface area contributed by atoms with Gasteiger partial charge in [-0.1, -0.05) is 68.4 Å². The van der Waals surface area contributed by atoms with E-state index in [9.17, 15) is 19.2 Å². The molecular formula is C35H46N6O5. The number of ketones is 1. The second kappa shape index (κ2) is 14.8. The largest absolute Gasteiger partial charge is 0.463 e. The molecule has 1 aliphatic heterocycles. The van der Waals surface area contributed by atoms with Crippen molar-refractivity contribution in [2.45, 2.75) is 92.4 Å². The lowest BCUT2D eigenvalue weighted by molar-refractivity contribution is -0.146.